The monoisotopic (exact) mass is 261 g/mol. The molecule has 0 amide bonds. The molecule has 1 aromatic carbocycles. The van der Waals surface area contributed by atoms with Gasteiger partial charge in [-0.05, 0) is 49.9 Å². The van der Waals surface area contributed by atoms with E-state index in [0.29, 0.717) is 0 Å². The van der Waals surface area contributed by atoms with Crippen LogP contribution in [0.2, 0.25) is 0 Å². The van der Waals surface area contributed by atoms with Crippen LogP contribution in [0.25, 0.3) is 0 Å². The average molecular weight is 261 g/mol. The van der Waals surface area contributed by atoms with Crippen molar-refractivity contribution in [2.24, 2.45) is 5.92 Å². The molecule has 3 nitrogen and oxygen atoms in total. The Morgan fingerprint density at radius 3 is 2.68 bits per heavy atom. The van der Waals surface area contributed by atoms with E-state index in [2.05, 4.69) is 36.9 Å². The van der Waals surface area contributed by atoms with Crippen molar-refractivity contribution in [3.63, 3.8) is 0 Å². The quantitative estimate of drug-likeness (QED) is 0.784. The summed E-state index contributed by atoms with van der Waals surface area (Å²) in [7, 11) is 1.48. The molecule has 1 aliphatic heterocycles. The lowest BCUT2D eigenvalue weighted by atomic mass is 9.96. The number of piperidine rings is 1. The van der Waals surface area contributed by atoms with Gasteiger partial charge in [-0.3, -0.25) is 9.69 Å². The van der Waals surface area contributed by atoms with Gasteiger partial charge in [-0.25, -0.2) is 0 Å². The molecule has 3 heteroatoms. The zero-order valence-electron chi connectivity index (χ0n) is 12.1. The van der Waals surface area contributed by atoms with Gasteiger partial charge in [0, 0.05) is 13.1 Å². The molecule has 2 rings (SSSR count). The Hall–Kier alpha value is -1.35. The molecule has 0 saturated carbocycles. The number of esters is 1. The zero-order valence-corrected chi connectivity index (χ0v) is 12.1. The number of methoxy groups -OCH3 is 1. The third kappa shape index (κ3) is 3.35. The molecular formula is C16H23NO2. The first-order valence-electron chi connectivity index (χ1n) is 6.97. The highest BCUT2D eigenvalue weighted by Crippen LogP contribution is 2.22. The third-order valence-corrected chi connectivity index (χ3v) is 4.07. The van der Waals surface area contributed by atoms with Gasteiger partial charge in [-0.1, -0.05) is 18.2 Å². The van der Waals surface area contributed by atoms with Gasteiger partial charge in [0.05, 0.1) is 13.0 Å². The van der Waals surface area contributed by atoms with Crippen molar-refractivity contribution in [1.82, 2.24) is 4.90 Å². The maximum absolute atomic E-state index is 11.6. The van der Waals surface area contributed by atoms with Crippen molar-refractivity contribution in [1.29, 1.82) is 0 Å². The molecule has 0 spiro atoms. The van der Waals surface area contributed by atoms with Gasteiger partial charge in [0.25, 0.3) is 0 Å². The van der Waals surface area contributed by atoms with Crippen LogP contribution in [0.15, 0.2) is 18.2 Å². The van der Waals surface area contributed by atoms with Gasteiger partial charge in [0.15, 0.2) is 0 Å². The maximum atomic E-state index is 11.6. The fourth-order valence-electron chi connectivity index (χ4n) is 2.88. The predicted octanol–water partition coefficient (Wildman–Crippen LogP) is 2.69. The highest BCUT2D eigenvalue weighted by Gasteiger charge is 2.26. The van der Waals surface area contributed by atoms with Crippen LogP contribution in [0.5, 0.6) is 0 Å². The standard InChI is InChI=1S/C16H23NO2/c1-12-6-4-7-13(2)15(12)11-17-9-5-8-14(10-17)16(18)19-3/h4,6-7,14H,5,8-11H2,1-3H3/t14-/m0/s1. The van der Waals surface area contributed by atoms with E-state index in [1.54, 1.807) is 0 Å². The van der Waals surface area contributed by atoms with Crippen molar-refractivity contribution in [3.8, 4) is 0 Å². The van der Waals surface area contributed by atoms with Crippen LogP contribution < -0.4 is 0 Å². The minimum absolute atomic E-state index is 0.0445. The molecule has 0 radical (unpaired) electrons. The Bertz CT molecular complexity index is 436. The van der Waals surface area contributed by atoms with Crippen molar-refractivity contribution >= 4 is 5.97 Å². The van der Waals surface area contributed by atoms with Crippen molar-refractivity contribution in [2.45, 2.75) is 33.2 Å². The van der Waals surface area contributed by atoms with E-state index >= 15 is 0 Å². The lowest BCUT2D eigenvalue weighted by Gasteiger charge is -2.32. The molecular weight excluding hydrogens is 238 g/mol. The molecule has 0 N–H and O–H groups in total. The molecule has 19 heavy (non-hydrogen) atoms. The fraction of sp³-hybridized carbons (Fsp3) is 0.562. The summed E-state index contributed by atoms with van der Waals surface area (Å²) in [5.74, 6) is -0.0192. The smallest absolute Gasteiger partial charge is 0.309 e. The first kappa shape index (κ1) is 14.1. The zero-order chi connectivity index (χ0) is 13.8. The number of hydrogen-bond acceptors (Lipinski definition) is 3. The minimum Gasteiger partial charge on any atom is -0.469 e. The second-order valence-electron chi connectivity index (χ2n) is 5.47. The van der Waals surface area contributed by atoms with Crippen LogP contribution in [-0.2, 0) is 16.1 Å². The molecule has 1 fully saturated rings. The minimum atomic E-state index is -0.0637. The summed E-state index contributed by atoms with van der Waals surface area (Å²) < 4.78 is 4.87. The first-order valence-corrected chi connectivity index (χ1v) is 6.97. The van der Waals surface area contributed by atoms with Crippen LogP contribution in [0, 0.1) is 19.8 Å². The van der Waals surface area contributed by atoms with Crippen LogP contribution in [-0.4, -0.2) is 31.1 Å². The normalized spacial score (nSPS) is 20.3. The highest BCUT2D eigenvalue weighted by atomic mass is 16.5. The molecule has 0 aromatic heterocycles. The number of rotatable bonds is 3. The number of carbonyl (C=O) groups is 1. The number of likely N-dealkylation sites (tertiary alicyclic amines) is 1. The molecule has 1 saturated heterocycles. The van der Waals surface area contributed by atoms with E-state index in [-0.39, 0.29) is 11.9 Å². The van der Waals surface area contributed by atoms with Gasteiger partial charge in [0.1, 0.15) is 0 Å². The van der Waals surface area contributed by atoms with E-state index in [1.807, 2.05) is 0 Å². The Morgan fingerprint density at radius 1 is 1.37 bits per heavy atom. The number of benzene rings is 1. The van der Waals surface area contributed by atoms with Gasteiger partial charge >= 0.3 is 5.97 Å². The van der Waals surface area contributed by atoms with E-state index in [0.717, 1.165) is 32.5 Å². The number of nitrogens with zero attached hydrogens (tertiary/aromatic N) is 1. The maximum Gasteiger partial charge on any atom is 0.309 e. The molecule has 0 unspecified atom stereocenters. The van der Waals surface area contributed by atoms with E-state index < -0.39 is 0 Å². The van der Waals surface area contributed by atoms with E-state index in [1.165, 1.54) is 23.8 Å². The summed E-state index contributed by atoms with van der Waals surface area (Å²) in [4.78, 5) is 14.0. The first-order chi connectivity index (χ1) is 9.11. The number of carbonyl (C=O) groups excluding carboxylic acids is 1. The summed E-state index contributed by atoms with van der Waals surface area (Å²) in [5, 5.41) is 0. The van der Waals surface area contributed by atoms with E-state index in [9.17, 15) is 4.79 Å². The predicted molar refractivity (Wildman–Crippen MR) is 75.9 cm³/mol. The Balaban J connectivity index is 2.05. The number of aryl methyl sites for hydroxylation is 2. The second kappa shape index (κ2) is 6.20. The van der Waals surface area contributed by atoms with Gasteiger partial charge in [0.2, 0.25) is 0 Å². The SMILES string of the molecule is COC(=O)[C@H]1CCCN(Cc2c(C)cccc2C)C1. The van der Waals surface area contributed by atoms with Crippen molar-refractivity contribution in [3.05, 3.63) is 34.9 Å². The summed E-state index contributed by atoms with van der Waals surface area (Å²) in [6, 6.07) is 6.41. The van der Waals surface area contributed by atoms with Crippen molar-refractivity contribution < 1.29 is 9.53 Å². The Morgan fingerprint density at radius 2 is 2.05 bits per heavy atom. The van der Waals surface area contributed by atoms with Crippen LogP contribution in [0.4, 0.5) is 0 Å². The largest absolute Gasteiger partial charge is 0.469 e. The van der Waals surface area contributed by atoms with E-state index in [4.69, 9.17) is 4.74 Å². The molecule has 104 valence electrons. The van der Waals surface area contributed by atoms with Crippen LogP contribution in [0.1, 0.15) is 29.5 Å². The highest BCUT2D eigenvalue weighted by molar-refractivity contribution is 5.72. The lowest BCUT2D eigenvalue weighted by Crippen LogP contribution is -2.38. The Labute approximate surface area is 115 Å². The molecule has 1 heterocycles. The Kier molecular flexibility index (Phi) is 4.59. The molecule has 0 aliphatic carbocycles. The van der Waals surface area contributed by atoms with Gasteiger partial charge in [-0.15, -0.1) is 0 Å². The number of hydrogen-bond donors (Lipinski definition) is 0. The second-order valence-corrected chi connectivity index (χ2v) is 5.47. The summed E-state index contributed by atoms with van der Waals surface area (Å²) >= 11 is 0. The molecule has 1 aliphatic rings. The number of ether oxygens (including phenoxy) is 1. The molecule has 1 aromatic rings. The lowest BCUT2D eigenvalue weighted by molar-refractivity contribution is -0.147. The third-order valence-electron chi connectivity index (χ3n) is 4.07. The summed E-state index contributed by atoms with van der Waals surface area (Å²) in [6.07, 6.45) is 2.03. The van der Waals surface area contributed by atoms with Gasteiger partial charge < -0.3 is 4.74 Å². The van der Waals surface area contributed by atoms with Crippen molar-refractivity contribution in [2.75, 3.05) is 20.2 Å². The van der Waals surface area contributed by atoms with Gasteiger partial charge in [-0.2, -0.15) is 0 Å². The van der Waals surface area contributed by atoms with Crippen LogP contribution >= 0.6 is 0 Å². The topological polar surface area (TPSA) is 29.5 Å². The fourth-order valence-corrected chi connectivity index (χ4v) is 2.88. The molecule has 0 bridgehead atoms. The molecule has 1 atom stereocenters. The summed E-state index contributed by atoms with van der Waals surface area (Å²) in [5.41, 5.74) is 4.06. The van der Waals surface area contributed by atoms with Crippen LogP contribution in [0.3, 0.4) is 0 Å². The summed E-state index contributed by atoms with van der Waals surface area (Å²) in [6.45, 7) is 7.14. The average Bonchev–Trinajstić information content (AvgIpc) is 2.42.